The molecule has 2 amide bonds. The molecular formula is C21H25N5O6. The van der Waals surface area contributed by atoms with Crippen LogP contribution in [0.2, 0.25) is 0 Å². The summed E-state index contributed by atoms with van der Waals surface area (Å²) in [5, 5.41) is 0. The number of ether oxygens (including phenoxy) is 3. The smallest absolute Gasteiger partial charge is 0.309 e. The van der Waals surface area contributed by atoms with Crippen LogP contribution in [0.15, 0.2) is 36.7 Å². The topological polar surface area (TPSA) is 132 Å². The lowest BCUT2D eigenvalue weighted by atomic mass is 9.97. The van der Waals surface area contributed by atoms with Crippen molar-refractivity contribution in [3.63, 3.8) is 0 Å². The average Bonchev–Trinajstić information content (AvgIpc) is 2.85. The van der Waals surface area contributed by atoms with Crippen LogP contribution < -0.4 is 25.2 Å². The number of rotatable bonds is 7. The van der Waals surface area contributed by atoms with E-state index in [0.29, 0.717) is 43.4 Å². The maximum atomic E-state index is 12.3. The summed E-state index contributed by atoms with van der Waals surface area (Å²) in [5.41, 5.74) is 4.75. The first-order valence-electron chi connectivity index (χ1n) is 10.0. The number of piperidine rings is 1. The second kappa shape index (κ2) is 10.9. The third-order valence-corrected chi connectivity index (χ3v) is 4.97. The summed E-state index contributed by atoms with van der Waals surface area (Å²) in [7, 11) is 2.94. The van der Waals surface area contributed by atoms with Gasteiger partial charge in [0.25, 0.3) is 11.8 Å². The SMILES string of the molecule is COc1ccc(C(=O)NNC(=O)COC(=O)C2CCN(c3ncccn3)CC2)cc1OC. The summed E-state index contributed by atoms with van der Waals surface area (Å²) in [5.74, 6) is -0.469. The van der Waals surface area contributed by atoms with Crippen LogP contribution in [0.4, 0.5) is 5.95 Å². The molecule has 170 valence electrons. The molecule has 32 heavy (non-hydrogen) atoms. The fourth-order valence-corrected chi connectivity index (χ4v) is 3.24. The maximum Gasteiger partial charge on any atom is 0.309 e. The highest BCUT2D eigenvalue weighted by molar-refractivity contribution is 5.96. The molecule has 1 aromatic carbocycles. The van der Waals surface area contributed by atoms with Crippen LogP contribution in [-0.4, -0.2) is 61.7 Å². The molecule has 2 N–H and O–H groups in total. The van der Waals surface area contributed by atoms with Crippen molar-refractivity contribution in [1.29, 1.82) is 0 Å². The largest absolute Gasteiger partial charge is 0.493 e. The minimum atomic E-state index is -0.651. The predicted octanol–water partition coefficient (Wildman–Crippen LogP) is 0.715. The Morgan fingerprint density at radius 2 is 1.72 bits per heavy atom. The van der Waals surface area contributed by atoms with Crippen molar-refractivity contribution < 1.29 is 28.6 Å². The van der Waals surface area contributed by atoms with E-state index in [1.807, 2.05) is 4.90 Å². The molecule has 0 aliphatic carbocycles. The maximum absolute atomic E-state index is 12.3. The second-order valence-electron chi connectivity index (χ2n) is 6.99. The van der Waals surface area contributed by atoms with E-state index in [1.165, 1.54) is 26.4 Å². The van der Waals surface area contributed by atoms with Gasteiger partial charge in [-0.05, 0) is 37.1 Å². The molecule has 1 aliphatic rings. The summed E-state index contributed by atoms with van der Waals surface area (Å²) in [6.07, 6.45) is 4.50. The van der Waals surface area contributed by atoms with Crippen LogP contribution >= 0.6 is 0 Å². The summed E-state index contributed by atoms with van der Waals surface area (Å²) in [4.78, 5) is 46.8. The van der Waals surface area contributed by atoms with E-state index in [9.17, 15) is 14.4 Å². The average molecular weight is 443 g/mol. The lowest BCUT2D eigenvalue weighted by Crippen LogP contribution is -2.44. The number of anilines is 1. The summed E-state index contributed by atoms with van der Waals surface area (Å²) in [6.45, 7) is 0.752. The number of nitrogens with zero attached hydrogens (tertiary/aromatic N) is 3. The van der Waals surface area contributed by atoms with Gasteiger partial charge in [0.05, 0.1) is 20.1 Å². The molecule has 0 radical (unpaired) electrons. The fraction of sp³-hybridized carbons (Fsp3) is 0.381. The van der Waals surface area contributed by atoms with E-state index >= 15 is 0 Å². The number of methoxy groups -OCH3 is 2. The fourth-order valence-electron chi connectivity index (χ4n) is 3.24. The van der Waals surface area contributed by atoms with Crippen molar-refractivity contribution in [3.05, 3.63) is 42.2 Å². The van der Waals surface area contributed by atoms with Gasteiger partial charge in [0.15, 0.2) is 18.1 Å². The van der Waals surface area contributed by atoms with Crippen LogP contribution in [0.3, 0.4) is 0 Å². The zero-order valence-electron chi connectivity index (χ0n) is 17.9. The van der Waals surface area contributed by atoms with E-state index in [4.69, 9.17) is 14.2 Å². The highest BCUT2D eigenvalue weighted by atomic mass is 16.5. The molecule has 0 unspecified atom stereocenters. The Bertz CT molecular complexity index is 947. The van der Waals surface area contributed by atoms with Gasteiger partial charge in [0.2, 0.25) is 5.95 Å². The number of hydrogen-bond donors (Lipinski definition) is 2. The quantitative estimate of drug-likeness (QED) is 0.469. The minimum Gasteiger partial charge on any atom is -0.493 e. The predicted molar refractivity (Wildman–Crippen MR) is 113 cm³/mol. The number of hydrogen-bond acceptors (Lipinski definition) is 9. The van der Waals surface area contributed by atoms with E-state index in [2.05, 4.69) is 20.8 Å². The molecule has 11 nitrogen and oxygen atoms in total. The molecule has 0 atom stereocenters. The summed E-state index contributed by atoms with van der Waals surface area (Å²) < 4.78 is 15.4. The molecule has 1 saturated heterocycles. The van der Waals surface area contributed by atoms with Gasteiger partial charge in [0.1, 0.15) is 0 Å². The summed E-state index contributed by atoms with van der Waals surface area (Å²) in [6, 6.07) is 6.32. The van der Waals surface area contributed by atoms with Crippen LogP contribution in [0.1, 0.15) is 23.2 Å². The Labute approximate surface area is 185 Å². The molecule has 1 aromatic heterocycles. The van der Waals surface area contributed by atoms with Gasteiger partial charge in [-0.25, -0.2) is 9.97 Å². The van der Waals surface area contributed by atoms with Gasteiger partial charge in [0, 0.05) is 31.0 Å². The molecule has 2 aromatic rings. The zero-order valence-corrected chi connectivity index (χ0v) is 17.9. The number of amides is 2. The van der Waals surface area contributed by atoms with E-state index in [-0.39, 0.29) is 11.5 Å². The van der Waals surface area contributed by atoms with Gasteiger partial charge >= 0.3 is 5.97 Å². The second-order valence-corrected chi connectivity index (χ2v) is 6.99. The van der Waals surface area contributed by atoms with Crippen molar-refractivity contribution >= 4 is 23.7 Å². The molecule has 3 rings (SSSR count). The number of esters is 1. The highest BCUT2D eigenvalue weighted by Crippen LogP contribution is 2.27. The highest BCUT2D eigenvalue weighted by Gasteiger charge is 2.27. The van der Waals surface area contributed by atoms with E-state index in [0.717, 1.165) is 0 Å². The Morgan fingerprint density at radius 1 is 1.03 bits per heavy atom. The first kappa shape index (κ1) is 22.8. The monoisotopic (exact) mass is 443 g/mol. The standard InChI is InChI=1S/C21H25N5O6/c1-30-16-5-4-15(12-17(16)31-2)19(28)25-24-18(27)13-32-20(29)14-6-10-26(11-7-14)21-22-8-3-9-23-21/h3-5,8-9,12,14H,6-7,10-11,13H2,1-2H3,(H,24,27)(H,25,28). The molecular weight excluding hydrogens is 418 g/mol. The molecule has 0 saturated carbocycles. The molecule has 11 heteroatoms. The van der Waals surface area contributed by atoms with Crippen molar-refractivity contribution in [1.82, 2.24) is 20.8 Å². The Balaban J connectivity index is 1.39. The number of hydrazine groups is 1. The van der Waals surface area contributed by atoms with Crippen molar-refractivity contribution in [3.8, 4) is 11.5 Å². The van der Waals surface area contributed by atoms with Crippen LogP contribution in [-0.2, 0) is 14.3 Å². The Hall–Kier alpha value is -3.89. The minimum absolute atomic E-state index is 0.258. The van der Waals surface area contributed by atoms with Gasteiger partial charge < -0.3 is 19.1 Å². The number of aromatic nitrogens is 2. The molecule has 1 fully saturated rings. The number of carbonyl (C=O) groups is 3. The number of nitrogens with one attached hydrogen (secondary N) is 2. The molecule has 2 heterocycles. The third-order valence-electron chi connectivity index (χ3n) is 4.97. The van der Waals surface area contributed by atoms with E-state index < -0.39 is 24.4 Å². The van der Waals surface area contributed by atoms with Gasteiger partial charge in [-0.15, -0.1) is 0 Å². The zero-order chi connectivity index (χ0) is 22.9. The van der Waals surface area contributed by atoms with Crippen LogP contribution in [0, 0.1) is 5.92 Å². The normalized spacial score (nSPS) is 13.8. The third kappa shape index (κ3) is 5.84. The van der Waals surface area contributed by atoms with Crippen LogP contribution in [0.5, 0.6) is 11.5 Å². The first-order valence-corrected chi connectivity index (χ1v) is 10.0. The number of benzene rings is 1. The summed E-state index contributed by atoms with van der Waals surface area (Å²) >= 11 is 0. The van der Waals surface area contributed by atoms with Gasteiger partial charge in [-0.2, -0.15) is 0 Å². The molecule has 1 aliphatic heterocycles. The van der Waals surface area contributed by atoms with Crippen molar-refractivity contribution in [2.45, 2.75) is 12.8 Å². The van der Waals surface area contributed by atoms with E-state index in [1.54, 1.807) is 24.5 Å². The number of carbonyl (C=O) groups excluding carboxylic acids is 3. The molecule has 0 bridgehead atoms. The van der Waals surface area contributed by atoms with Gasteiger partial charge in [-0.1, -0.05) is 0 Å². The lowest BCUT2D eigenvalue weighted by Gasteiger charge is -2.30. The van der Waals surface area contributed by atoms with Crippen molar-refractivity contribution in [2.24, 2.45) is 5.92 Å². The lowest BCUT2D eigenvalue weighted by molar-refractivity contribution is -0.153. The Kier molecular flexibility index (Phi) is 7.79. The Morgan fingerprint density at radius 3 is 2.38 bits per heavy atom. The molecule has 0 spiro atoms. The van der Waals surface area contributed by atoms with Crippen molar-refractivity contribution in [2.75, 3.05) is 38.8 Å². The van der Waals surface area contributed by atoms with Crippen LogP contribution in [0.25, 0.3) is 0 Å². The first-order chi connectivity index (χ1) is 15.5. The van der Waals surface area contributed by atoms with Gasteiger partial charge in [-0.3, -0.25) is 25.2 Å².